The summed E-state index contributed by atoms with van der Waals surface area (Å²) in [6, 6.07) is 7.28. The van der Waals surface area contributed by atoms with Crippen LogP contribution in [0.5, 0.6) is 0 Å². The number of amides is 1. The highest BCUT2D eigenvalue weighted by Crippen LogP contribution is 2.19. The Bertz CT molecular complexity index is 559. The fourth-order valence-electron chi connectivity index (χ4n) is 1.84. The standard InChI is InChI=1S/C14H18N4O/c1-3-18-9-12(8-16-18)10(2)17-13-6-4-11(5-7-13)14(15)19/h4-10,17H,3H2,1-2H3,(H2,15,19). The minimum atomic E-state index is -0.413. The van der Waals surface area contributed by atoms with Crippen LogP contribution in [0.25, 0.3) is 0 Å². The van der Waals surface area contributed by atoms with Crippen LogP contribution < -0.4 is 11.1 Å². The second kappa shape index (κ2) is 5.56. The van der Waals surface area contributed by atoms with Crippen molar-refractivity contribution in [2.24, 2.45) is 5.73 Å². The van der Waals surface area contributed by atoms with E-state index in [0.717, 1.165) is 17.8 Å². The molecule has 0 aliphatic heterocycles. The number of anilines is 1. The number of carbonyl (C=O) groups excluding carboxylic acids is 1. The van der Waals surface area contributed by atoms with Crippen molar-refractivity contribution in [2.45, 2.75) is 26.4 Å². The molecule has 100 valence electrons. The number of hydrogen-bond donors (Lipinski definition) is 2. The molecule has 0 radical (unpaired) electrons. The van der Waals surface area contributed by atoms with E-state index in [-0.39, 0.29) is 6.04 Å². The first-order valence-corrected chi connectivity index (χ1v) is 6.29. The summed E-state index contributed by atoms with van der Waals surface area (Å²) in [5.74, 6) is -0.413. The van der Waals surface area contributed by atoms with E-state index in [1.165, 1.54) is 0 Å². The molecule has 1 aromatic heterocycles. The first kappa shape index (κ1) is 13.1. The first-order chi connectivity index (χ1) is 9.10. The van der Waals surface area contributed by atoms with Crippen molar-refractivity contribution in [2.75, 3.05) is 5.32 Å². The van der Waals surface area contributed by atoms with E-state index in [2.05, 4.69) is 24.3 Å². The van der Waals surface area contributed by atoms with Gasteiger partial charge in [-0.1, -0.05) is 0 Å². The summed E-state index contributed by atoms with van der Waals surface area (Å²) in [5.41, 5.74) is 7.79. The molecule has 1 amide bonds. The minimum Gasteiger partial charge on any atom is -0.378 e. The number of nitrogens with zero attached hydrogens (tertiary/aromatic N) is 2. The first-order valence-electron chi connectivity index (χ1n) is 6.29. The molecule has 19 heavy (non-hydrogen) atoms. The number of nitrogens with one attached hydrogen (secondary N) is 1. The van der Waals surface area contributed by atoms with Crippen LogP contribution in [-0.2, 0) is 6.54 Å². The molecule has 3 N–H and O–H groups in total. The van der Waals surface area contributed by atoms with E-state index in [9.17, 15) is 4.79 Å². The Morgan fingerprint density at radius 2 is 2.11 bits per heavy atom. The summed E-state index contributed by atoms with van der Waals surface area (Å²) >= 11 is 0. The van der Waals surface area contributed by atoms with Crippen LogP contribution >= 0.6 is 0 Å². The Labute approximate surface area is 112 Å². The lowest BCUT2D eigenvalue weighted by Crippen LogP contribution is -2.11. The second-order valence-corrected chi connectivity index (χ2v) is 4.44. The maximum absolute atomic E-state index is 11.0. The molecule has 0 bridgehead atoms. The molecule has 0 saturated heterocycles. The van der Waals surface area contributed by atoms with Gasteiger partial charge in [-0.25, -0.2) is 0 Å². The molecule has 0 aliphatic rings. The molecule has 0 spiro atoms. The van der Waals surface area contributed by atoms with Gasteiger partial charge in [0.1, 0.15) is 0 Å². The SMILES string of the molecule is CCn1cc(C(C)Nc2ccc(C(N)=O)cc2)cn1. The van der Waals surface area contributed by atoms with Gasteiger partial charge in [-0.2, -0.15) is 5.10 Å². The monoisotopic (exact) mass is 258 g/mol. The molecule has 5 heteroatoms. The van der Waals surface area contributed by atoms with Crippen LogP contribution in [-0.4, -0.2) is 15.7 Å². The molecule has 2 aromatic rings. The topological polar surface area (TPSA) is 72.9 Å². The zero-order valence-electron chi connectivity index (χ0n) is 11.1. The van der Waals surface area contributed by atoms with E-state index in [4.69, 9.17) is 5.73 Å². The van der Waals surface area contributed by atoms with Gasteiger partial charge in [0.05, 0.1) is 12.2 Å². The summed E-state index contributed by atoms with van der Waals surface area (Å²) in [6.45, 7) is 4.98. The van der Waals surface area contributed by atoms with E-state index >= 15 is 0 Å². The Morgan fingerprint density at radius 3 is 2.63 bits per heavy atom. The van der Waals surface area contributed by atoms with E-state index in [1.54, 1.807) is 12.1 Å². The third kappa shape index (κ3) is 3.13. The summed E-state index contributed by atoms with van der Waals surface area (Å²) in [5, 5.41) is 7.61. The van der Waals surface area contributed by atoms with Crippen molar-refractivity contribution < 1.29 is 4.79 Å². The fourth-order valence-corrected chi connectivity index (χ4v) is 1.84. The van der Waals surface area contributed by atoms with Crippen molar-refractivity contribution in [1.82, 2.24) is 9.78 Å². The molecular formula is C14H18N4O. The van der Waals surface area contributed by atoms with Gasteiger partial charge in [-0.05, 0) is 38.1 Å². The molecule has 1 unspecified atom stereocenters. The number of rotatable bonds is 5. The third-order valence-electron chi connectivity index (χ3n) is 3.03. The maximum Gasteiger partial charge on any atom is 0.248 e. The Balaban J connectivity index is 2.05. The summed E-state index contributed by atoms with van der Waals surface area (Å²) in [6.07, 6.45) is 3.88. The maximum atomic E-state index is 11.0. The van der Waals surface area contributed by atoms with Gasteiger partial charge in [-0.3, -0.25) is 9.48 Å². The number of aryl methyl sites for hydroxylation is 1. The van der Waals surface area contributed by atoms with Crippen molar-refractivity contribution in [1.29, 1.82) is 0 Å². The number of aromatic nitrogens is 2. The number of hydrogen-bond acceptors (Lipinski definition) is 3. The van der Waals surface area contributed by atoms with Gasteiger partial charge in [0.25, 0.3) is 0 Å². The van der Waals surface area contributed by atoms with E-state index in [1.807, 2.05) is 29.2 Å². The third-order valence-corrected chi connectivity index (χ3v) is 3.03. The number of nitrogens with two attached hydrogens (primary N) is 1. The molecule has 1 atom stereocenters. The number of carbonyl (C=O) groups is 1. The summed E-state index contributed by atoms with van der Waals surface area (Å²) in [7, 11) is 0. The van der Waals surface area contributed by atoms with Crippen LogP contribution in [0.3, 0.4) is 0 Å². The van der Waals surface area contributed by atoms with Crippen molar-refractivity contribution in [3.8, 4) is 0 Å². The fraction of sp³-hybridized carbons (Fsp3) is 0.286. The van der Waals surface area contributed by atoms with Gasteiger partial charge in [0.15, 0.2) is 0 Å². The highest BCUT2D eigenvalue weighted by atomic mass is 16.1. The van der Waals surface area contributed by atoms with Crippen molar-refractivity contribution in [3.05, 3.63) is 47.8 Å². The highest BCUT2D eigenvalue weighted by molar-refractivity contribution is 5.93. The lowest BCUT2D eigenvalue weighted by Gasteiger charge is -2.13. The Kier molecular flexibility index (Phi) is 3.85. The normalized spacial score (nSPS) is 12.1. The van der Waals surface area contributed by atoms with Gasteiger partial charge < -0.3 is 11.1 Å². The van der Waals surface area contributed by atoms with Crippen molar-refractivity contribution in [3.63, 3.8) is 0 Å². The van der Waals surface area contributed by atoms with E-state index in [0.29, 0.717) is 5.56 Å². The van der Waals surface area contributed by atoms with Gasteiger partial charge in [0.2, 0.25) is 5.91 Å². The molecular weight excluding hydrogens is 240 g/mol. The van der Waals surface area contributed by atoms with E-state index < -0.39 is 5.91 Å². The lowest BCUT2D eigenvalue weighted by atomic mass is 10.1. The van der Waals surface area contributed by atoms with Crippen LogP contribution in [0.4, 0.5) is 5.69 Å². The molecule has 0 aliphatic carbocycles. The molecule has 1 heterocycles. The molecule has 1 aromatic carbocycles. The van der Waals surface area contributed by atoms with Crippen molar-refractivity contribution >= 4 is 11.6 Å². The van der Waals surface area contributed by atoms with Crippen LogP contribution in [0.15, 0.2) is 36.7 Å². The molecule has 5 nitrogen and oxygen atoms in total. The molecule has 0 fully saturated rings. The average Bonchev–Trinajstić information content (AvgIpc) is 2.88. The smallest absolute Gasteiger partial charge is 0.248 e. The predicted molar refractivity (Wildman–Crippen MR) is 74.9 cm³/mol. The largest absolute Gasteiger partial charge is 0.378 e. The Morgan fingerprint density at radius 1 is 1.42 bits per heavy atom. The number of primary amides is 1. The highest BCUT2D eigenvalue weighted by Gasteiger charge is 2.08. The number of benzene rings is 1. The average molecular weight is 258 g/mol. The summed E-state index contributed by atoms with van der Waals surface area (Å²) < 4.78 is 1.89. The zero-order valence-corrected chi connectivity index (χ0v) is 11.1. The summed E-state index contributed by atoms with van der Waals surface area (Å²) in [4.78, 5) is 11.0. The zero-order chi connectivity index (χ0) is 13.8. The minimum absolute atomic E-state index is 0.153. The quantitative estimate of drug-likeness (QED) is 0.863. The van der Waals surface area contributed by atoms with Crippen LogP contribution in [0.1, 0.15) is 35.8 Å². The van der Waals surface area contributed by atoms with Crippen LogP contribution in [0, 0.1) is 0 Å². The lowest BCUT2D eigenvalue weighted by molar-refractivity contribution is 0.100. The van der Waals surface area contributed by atoms with Crippen LogP contribution in [0.2, 0.25) is 0 Å². The molecule has 2 rings (SSSR count). The van der Waals surface area contributed by atoms with Gasteiger partial charge in [0, 0.05) is 29.6 Å². The van der Waals surface area contributed by atoms with Gasteiger partial charge >= 0.3 is 0 Å². The molecule has 0 saturated carbocycles. The Hall–Kier alpha value is -2.30. The predicted octanol–water partition coefficient (Wildman–Crippen LogP) is 2.17. The van der Waals surface area contributed by atoms with Gasteiger partial charge in [-0.15, -0.1) is 0 Å². The second-order valence-electron chi connectivity index (χ2n) is 4.44.